The lowest BCUT2D eigenvalue weighted by Gasteiger charge is -2.26. The maximum absolute atomic E-state index is 3.33. The molecule has 0 heterocycles. The van der Waals surface area contributed by atoms with Crippen LogP contribution >= 0.6 is 0 Å². The lowest BCUT2D eigenvalue weighted by molar-refractivity contribution is 0.278. The van der Waals surface area contributed by atoms with E-state index in [0.29, 0.717) is 0 Å². The van der Waals surface area contributed by atoms with Crippen LogP contribution in [0.5, 0.6) is 0 Å². The molecule has 0 aromatic heterocycles. The highest BCUT2D eigenvalue weighted by molar-refractivity contribution is 5.44. The van der Waals surface area contributed by atoms with Crippen LogP contribution in [0.2, 0.25) is 0 Å². The Bertz CT molecular complexity index is 834. The molecule has 0 atom stereocenters. The zero-order valence-corrected chi connectivity index (χ0v) is 19.7. The standard InChI is InChI=1S/C31H40/c1-3-4-5-6-7-8-9-27-14-16-29(17-15-27)20-21-31-24-22-30(23-25-31)19-18-28-12-10-26(2)11-13-28/h6-7,14-17,22-26,28H,3-5,8-13,18-19H2,1-2H3/b7-6+. The molecule has 1 saturated carbocycles. The molecule has 0 unspecified atom stereocenters. The fraction of sp³-hybridized carbons (Fsp3) is 0.484. The summed E-state index contributed by atoms with van der Waals surface area (Å²) >= 11 is 0. The van der Waals surface area contributed by atoms with E-state index in [1.807, 2.05) is 0 Å². The maximum atomic E-state index is 3.33. The van der Waals surface area contributed by atoms with Crippen molar-refractivity contribution in [3.05, 3.63) is 82.9 Å². The van der Waals surface area contributed by atoms with Gasteiger partial charge in [0.2, 0.25) is 0 Å². The quantitative estimate of drug-likeness (QED) is 0.220. The molecule has 2 aromatic rings. The molecule has 0 spiro atoms. The molecule has 0 amide bonds. The van der Waals surface area contributed by atoms with Crippen molar-refractivity contribution < 1.29 is 0 Å². The van der Waals surface area contributed by atoms with E-state index in [0.717, 1.165) is 35.8 Å². The molecule has 1 aliphatic rings. The van der Waals surface area contributed by atoms with Crippen LogP contribution in [0.15, 0.2) is 60.7 Å². The third-order valence-corrected chi connectivity index (χ3v) is 6.73. The predicted octanol–water partition coefficient (Wildman–Crippen LogP) is 8.52. The molecule has 1 aliphatic carbocycles. The largest absolute Gasteiger partial charge is 0.0885 e. The van der Waals surface area contributed by atoms with Crippen molar-refractivity contribution in [1.29, 1.82) is 0 Å². The summed E-state index contributed by atoms with van der Waals surface area (Å²) in [6, 6.07) is 17.7. The summed E-state index contributed by atoms with van der Waals surface area (Å²) < 4.78 is 0. The van der Waals surface area contributed by atoms with Gasteiger partial charge in [0.15, 0.2) is 0 Å². The molecule has 1 fully saturated rings. The Morgan fingerprint density at radius 1 is 0.742 bits per heavy atom. The molecule has 0 N–H and O–H groups in total. The third-order valence-electron chi connectivity index (χ3n) is 6.73. The van der Waals surface area contributed by atoms with Crippen molar-refractivity contribution in [2.24, 2.45) is 11.8 Å². The van der Waals surface area contributed by atoms with Crippen molar-refractivity contribution >= 4 is 0 Å². The summed E-state index contributed by atoms with van der Waals surface area (Å²) in [4.78, 5) is 0. The first-order chi connectivity index (χ1) is 15.2. The summed E-state index contributed by atoms with van der Waals surface area (Å²) in [6.45, 7) is 4.64. The molecule has 0 nitrogen and oxygen atoms in total. The van der Waals surface area contributed by atoms with Gasteiger partial charge in [-0.3, -0.25) is 0 Å². The molecule has 0 aliphatic heterocycles. The van der Waals surface area contributed by atoms with Crippen LogP contribution in [0.3, 0.4) is 0 Å². The average molecular weight is 413 g/mol. The molecule has 0 saturated heterocycles. The maximum Gasteiger partial charge on any atom is 0.0249 e. The number of hydrogen-bond acceptors (Lipinski definition) is 0. The van der Waals surface area contributed by atoms with Gasteiger partial charge in [0.1, 0.15) is 0 Å². The summed E-state index contributed by atoms with van der Waals surface area (Å²) in [7, 11) is 0. The fourth-order valence-electron chi connectivity index (χ4n) is 4.45. The zero-order valence-electron chi connectivity index (χ0n) is 19.7. The van der Waals surface area contributed by atoms with Crippen LogP contribution in [0.1, 0.15) is 93.9 Å². The summed E-state index contributed by atoms with van der Waals surface area (Å²) in [5, 5.41) is 0. The van der Waals surface area contributed by atoms with Crippen LogP contribution in [-0.4, -0.2) is 0 Å². The third kappa shape index (κ3) is 8.78. The first-order valence-electron chi connectivity index (χ1n) is 12.6. The second kappa shape index (κ2) is 13.2. The van der Waals surface area contributed by atoms with E-state index in [9.17, 15) is 0 Å². The van der Waals surface area contributed by atoms with Gasteiger partial charge in [0.25, 0.3) is 0 Å². The Labute approximate surface area is 191 Å². The smallest absolute Gasteiger partial charge is 0.0249 e. The Morgan fingerprint density at radius 3 is 1.87 bits per heavy atom. The van der Waals surface area contributed by atoms with Crippen LogP contribution < -0.4 is 0 Å². The summed E-state index contributed by atoms with van der Waals surface area (Å²) in [5.41, 5.74) is 5.05. The number of rotatable bonds is 9. The fourth-order valence-corrected chi connectivity index (χ4v) is 4.45. The van der Waals surface area contributed by atoms with E-state index in [2.05, 4.69) is 86.4 Å². The van der Waals surface area contributed by atoms with Crippen LogP contribution in [0, 0.1) is 23.7 Å². The topological polar surface area (TPSA) is 0 Å². The minimum atomic E-state index is 0.940. The van der Waals surface area contributed by atoms with Gasteiger partial charge in [0.05, 0.1) is 0 Å². The highest BCUT2D eigenvalue weighted by Gasteiger charge is 2.17. The van der Waals surface area contributed by atoms with Crippen LogP contribution in [0.4, 0.5) is 0 Å². The number of benzene rings is 2. The van der Waals surface area contributed by atoms with Crippen molar-refractivity contribution in [3.8, 4) is 11.8 Å². The zero-order chi connectivity index (χ0) is 21.7. The Hall–Kier alpha value is -2.26. The van der Waals surface area contributed by atoms with Crippen molar-refractivity contribution in [1.82, 2.24) is 0 Å². The van der Waals surface area contributed by atoms with E-state index < -0.39 is 0 Å². The van der Waals surface area contributed by atoms with Crippen molar-refractivity contribution in [2.45, 2.75) is 84.5 Å². The average Bonchev–Trinajstić information content (AvgIpc) is 2.81. The lowest BCUT2D eigenvalue weighted by atomic mass is 9.80. The van der Waals surface area contributed by atoms with Gasteiger partial charge in [0, 0.05) is 11.1 Å². The van der Waals surface area contributed by atoms with E-state index in [1.165, 1.54) is 68.9 Å². The van der Waals surface area contributed by atoms with E-state index in [1.54, 1.807) is 0 Å². The molecule has 3 rings (SSSR count). The molecular weight excluding hydrogens is 372 g/mol. The van der Waals surface area contributed by atoms with E-state index >= 15 is 0 Å². The minimum Gasteiger partial charge on any atom is -0.0885 e. The molecule has 31 heavy (non-hydrogen) atoms. The first kappa shape index (κ1) is 23.4. The Balaban J connectivity index is 1.43. The highest BCUT2D eigenvalue weighted by Crippen LogP contribution is 2.31. The Morgan fingerprint density at radius 2 is 1.29 bits per heavy atom. The molecule has 0 heteroatoms. The summed E-state index contributed by atoms with van der Waals surface area (Å²) in [5.74, 6) is 8.54. The summed E-state index contributed by atoms with van der Waals surface area (Å²) in [6.07, 6.45) is 18.9. The van der Waals surface area contributed by atoms with Crippen LogP contribution in [0.25, 0.3) is 0 Å². The minimum absolute atomic E-state index is 0.940. The Kier molecular flexibility index (Phi) is 9.98. The molecule has 164 valence electrons. The first-order valence-corrected chi connectivity index (χ1v) is 12.6. The second-order valence-electron chi connectivity index (χ2n) is 9.46. The number of allylic oxidation sites excluding steroid dienone is 2. The highest BCUT2D eigenvalue weighted by atomic mass is 14.2. The number of unbranched alkanes of at least 4 members (excludes halogenated alkanes) is 2. The monoisotopic (exact) mass is 412 g/mol. The van der Waals surface area contributed by atoms with Gasteiger partial charge >= 0.3 is 0 Å². The SMILES string of the molecule is CCCC/C=C/CCc1ccc(C#Cc2ccc(CCC3CCC(C)CC3)cc2)cc1. The van der Waals surface area contributed by atoms with E-state index in [-0.39, 0.29) is 0 Å². The normalized spacial score (nSPS) is 18.6. The molecular formula is C31H40. The van der Waals surface area contributed by atoms with Crippen LogP contribution in [-0.2, 0) is 12.8 Å². The van der Waals surface area contributed by atoms with Gasteiger partial charge in [-0.25, -0.2) is 0 Å². The second-order valence-corrected chi connectivity index (χ2v) is 9.46. The predicted molar refractivity (Wildman–Crippen MR) is 135 cm³/mol. The molecule has 0 radical (unpaired) electrons. The van der Waals surface area contributed by atoms with Crippen molar-refractivity contribution in [2.75, 3.05) is 0 Å². The van der Waals surface area contributed by atoms with E-state index in [4.69, 9.17) is 0 Å². The van der Waals surface area contributed by atoms with Gasteiger partial charge < -0.3 is 0 Å². The molecule has 0 bridgehead atoms. The van der Waals surface area contributed by atoms with Gasteiger partial charge in [-0.15, -0.1) is 0 Å². The molecule has 2 aromatic carbocycles. The lowest BCUT2D eigenvalue weighted by Crippen LogP contribution is -2.12. The number of aryl methyl sites for hydroxylation is 2. The van der Waals surface area contributed by atoms with Gasteiger partial charge in [-0.1, -0.05) is 101 Å². The van der Waals surface area contributed by atoms with Gasteiger partial charge in [-0.2, -0.15) is 0 Å². The number of hydrogen-bond donors (Lipinski definition) is 0. The van der Waals surface area contributed by atoms with Crippen molar-refractivity contribution in [3.63, 3.8) is 0 Å². The van der Waals surface area contributed by atoms with Gasteiger partial charge in [-0.05, 0) is 79.3 Å².